The highest BCUT2D eigenvalue weighted by molar-refractivity contribution is 5.99. The van der Waals surface area contributed by atoms with Gasteiger partial charge in [-0.1, -0.05) is 38.6 Å². The summed E-state index contributed by atoms with van der Waals surface area (Å²) in [5.74, 6) is -2.27. The molecule has 332 valence electrons. The zero-order chi connectivity index (χ0) is 42.5. The Bertz CT molecular complexity index is 1710. The molecule has 0 bridgehead atoms. The molecule has 0 spiro atoms. The first-order chi connectivity index (χ1) is 27.4. The number of fused-ring (bicyclic) bond motifs is 1. The number of carbonyl (C=O) groups excluding carboxylic acids is 3. The van der Waals surface area contributed by atoms with Crippen LogP contribution in [0.1, 0.15) is 94.4 Å². The fourth-order valence-corrected chi connectivity index (χ4v) is 8.95. The molecule has 4 N–H and O–H groups in total. The molecule has 4 heterocycles. The van der Waals surface area contributed by atoms with Gasteiger partial charge in [0.05, 0.1) is 30.0 Å². The number of cyclic esters (lactones) is 1. The molecule has 1 aromatic heterocycles. The van der Waals surface area contributed by atoms with Crippen molar-refractivity contribution in [3.63, 3.8) is 0 Å². The summed E-state index contributed by atoms with van der Waals surface area (Å²) in [7, 11) is 5.38. The molecular weight excluding hydrogens is 759 g/mol. The average Bonchev–Trinajstić information content (AvgIpc) is 3.76. The van der Waals surface area contributed by atoms with Gasteiger partial charge in [0.15, 0.2) is 11.9 Å². The highest BCUT2D eigenvalue weighted by Crippen LogP contribution is 2.39. The number of benzene rings is 1. The molecule has 1 aromatic carbocycles. The number of anilines is 1. The summed E-state index contributed by atoms with van der Waals surface area (Å²) in [6, 6.07) is 6.47. The van der Waals surface area contributed by atoms with Gasteiger partial charge in [0.25, 0.3) is 0 Å². The molecule has 0 radical (unpaired) electrons. The number of ketones is 1. The van der Waals surface area contributed by atoms with Crippen LogP contribution >= 0.6 is 0 Å². The lowest BCUT2D eigenvalue weighted by Crippen LogP contribution is -2.61. The molecule has 12 atom stereocenters. The van der Waals surface area contributed by atoms with Crippen LogP contribution in [0.4, 0.5) is 10.5 Å². The van der Waals surface area contributed by atoms with Crippen LogP contribution in [0.25, 0.3) is 11.3 Å². The summed E-state index contributed by atoms with van der Waals surface area (Å²) in [6.07, 6.45) is 0.116. The van der Waals surface area contributed by atoms with Gasteiger partial charge in [-0.15, -0.1) is 5.10 Å². The number of unbranched alkanes of at least 4 members (excludes halogenated alkanes) is 1. The van der Waals surface area contributed by atoms with Gasteiger partial charge in [-0.2, -0.15) is 0 Å². The van der Waals surface area contributed by atoms with Gasteiger partial charge in [0.2, 0.25) is 0 Å². The zero-order valence-corrected chi connectivity index (χ0v) is 36.1. The number of aliphatic hydroxyl groups excluding tert-OH is 1. The van der Waals surface area contributed by atoms with Crippen LogP contribution in [-0.2, 0) is 39.8 Å². The van der Waals surface area contributed by atoms with E-state index in [9.17, 15) is 19.5 Å². The van der Waals surface area contributed by atoms with E-state index < -0.39 is 65.6 Å². The van der Waals surface area contributed by atoms with E-state index in [4.69, 9.17) is 29.4 Å². The summed E-state index contributed by atoms with van der Waals surface area (Å²) >= 11 is 0. The maximum absolute atomic E-state index is 14.0. The second-order valence-corrected chi connectivity index (χ2v) is 17.3. The highest BCUT2D eigenvalue weighted by Gasteiger charge is 2.58. The number of carbonyl (C=O) groups is 3. The maximum Gasteiger partial charge on any atom is 0.410 e. The number of aromatic nitrogens is 3. The number of ether oxygens (including phenoxy) is 5. The Labute approximate surface area is 350 Å². The molecule has 3 aliphatic rings. The summed E-state index contributed by atoms with van der Waals surface area (Å²) in [5, 5.41) is 23.6. The molecule has 2 aromatic rings. The molecule has 2 unspecified atom stereocenters. The number of Topliss-reactive ketones (excluding diaryl/α,β-unsaturated/α-hetero) is 1. The quantitative estimate of drug-likeness (QED) is 0.122. The third-order valence-corrected chi connectivity index (χ3v) is 12.5. The largest absolute Gasteiger partial charge is 0.458 e. The minimum atomic E-state index is -1.22. The number of hydrogen-bond acceptors (Lipinski definition) is 14. The van der Waals surface area contributed by atoms with Crippen molar-refractivity contribution in [1.82, 2.24) is 30.1 Å². The SMILES string of the molecule is C.CC[C@H]1OC(=O)[C@H](C)C(=O)C[C@@H](O[C@@H]2O[C@H](C)CC(N(C)C)C2O)[C@](C)(OC)C[C@@H](C)CN[C@H](C)[C@H]2N(CCCCn3cc(-c4cccc(N)c4)nn3)C(=O)O[C@]12C. The van der Waals surface area contributed by atoms with Crippen molar-refractivity contribution in [1.29, 1.82) is 0 Å². The molecule has 59 heavy (non-hydrogen) atoms. The number of nitrogens with one attached hydrogen (secondary N) is 1. The van der Waals surface area contributed by atoms with Gasteiger partial charge in [-0.3, -0.25) is 19.2 Å². The lowest BCUT2D eigenvalue weighted by atomic mass is 9.83. The number of methoxy groups -OCH3 is 1. The zero-order valence-electron chi connectivity index (χ0n) is 36.1. The second kappa shape index (κ2) is 20.3. The Morgan fingerprint density at radius 3 is 2.47 bits per heavy atom. The third kappa shape index (κ3) is 11.0. The molecule has 16 nitrogen and oxygen atoms in total. The smallest absolute Gasteiger partial charge is 0.410 e. The average molecular weight is 830 g/mol. The predicted octanol–water partition coefficient (Wildman–Crippen LogP) is 4.67. The summed E-state index contributed by atoms with van der Waals surface area (Å²) < 4.78 is 33.0. The standard InChI is InChI=1S/C42H67N7O9.CH4/c1-11-34-42(7)37(49(40(53)58-42)18-13-12-17-48-24-31(45-46-48)29-15-14-16-30(43)20-29)28(5)44-23-25(2)22-41(6,54-10)35(21-33(50)27(4)38(52)56-34)57-39-36(51)32(47(8)9)19-26(3)55-39;/h14-16,20,24-28,32,34-37,39,44,51H,11-13,17-19,21-23,43H2,1-10H3;1H4/t25-,26-,27-,28-,32?,34-,35-,36?,37-,39+,41-,42-;/m1./s1. The highest BCUT2D eigenvalue weighted by atomic mass is 16.7. The van der Waals surface area contributed by atoms with Crippen LogP contribution in [0.2, 0.25) is 0 Å². The lowest BCUT2D eigenvalue weighted by Gasteiger charge is -2.45. The Kier molecular flexibility index (Phi) is 16.5. The van der Waals surface area contributed by atoms with Crippen LogP contribution in [0.3, 0.4) is 0 Å². The van der Waals surface area contributed by atoms with Gasteiger partial charge in [0, 0.05) is 50.0 Å². The summed E-state index contributed by atoms with van der Waals surface area (Å²) in [5.41, 5.74) is 5.98. The van der Waals surface area contributed by atoms with Crippen molar-refractivity contribution in [2.24, 2.45) is 11.8 Å². The number of hydrogen-bond donors (Lipinski definition) is 3. The minimum absolute atomic E-state index is 0. The van der Waals surface area contributed by atoms with Crippen molar-refractivity contribution in [3.8, 4) is 11.3 Å². The van der Waals surface area contributed by atoms with E-state index in [-0.39, 0.29) is 38.0 Å². The fraction of sp³-hybridized carbons (Fsp3) is 0.744. The van der Waals surface area contributed by atoms with E-state index in [2.05, 4.69) is 22.6 Å². The number of nitrogen functional groups attached to an aromatic ring is 1. The van der Waals surface area contributed by atoms with Gasteiger partial charge < -0.3 is 44.7 Å². The molecule has 3 aliphatic heterocycles. The summed E-state index contributed by atoms with van der Waals surface area (Å²) in [6.45, 7) is 14.7. The van der Waals surface area contributed by atoms with Crippen LogP contribution in [0, 0.1) is 11.8 Å². The Morgan fingerprint density at radius 2 is 1.81 bits per heavy atom. The maximum atomic E-state index is 14.0. The van der Waals surface area contributed by atoms with Crippen LogP contribution in [0.15, 0.2) is 30.5 Å². The molecule has 3 saturated heterocycles. The van der Waals surface area contributed by atoms with Gasteiger partial charge in [-0.05, 0) is 105 Å². The number of nitrogens with two attached hydrogens (primary N) is 1. The first kappa shape index (κ1) is 48.0. The number of nitrogens with zero attached hydrogens (tertiary/aromatic N) is 5. The van der Waals surface area contributed by atoms with Gasteiger partial charge >= 0.3 is 12.1 Å². The number of aliphatic hydroxyl groups is 1. The van der Waals surface area contributed by atoms with E-state index in [0.29, 0.717) is 57.4 Å². The molecule has 0 saturated carbocycles. The van der Waals surface area contributed by atoms with Crippen LogP contribution in [-0.4, -0.2) is 142 Å². The minimum Gasteiger partial charge on any atom is -0.458 e. The lowest BCUT2D eigenvalue weighted by molar-refractivity contribution is -0.289. The van der Waals surface area contributed by atoms with E-state index in [0.717, 1.165) is 11.3 Å². The van der Waals surface area contributed by atoms with Gasteiger partial charge in [0.1, 0.15) is 29.6 Å². The Morgan fingerprint density at radius 1 is 1.10 bits per heavy atom. The van der Waals surface area contributed by atoms with E-state index in [1.165, 1.54) is 6.92 Å². The molecule has 0 aliphatic carbocycles. The predicted molar refractivity (Wildman–Crippen MR) is 224 cm³/mol. The molecule has 3 fully saturated rings. The van der Waals surface area contributed by atoms with Crippen molar-refractivity contribution >= 4 is 23.5 Å². The van der Waals surface area contributed by atoms with Crippen LogP contribution < -0.4 is 11.1 Å². The number of likely N-dealkylation sites (N-methyl/N-ethyl adjacent to an activating group) is 1. The van der Waals surface area contributed by atoms with Crippen molar-refractivity contribution in [2.45, 2.75) is 161 Å². The Hall–Kier alpha value is -3.67. The second-order valence-electron chi connectivity index (χ2n) is 17.3. The number of rotatable bonds is 11. The number of amides is 1. The summed E-state index contributed by atoms with van der Waals surface area (Å²) in [4.78, 5) is 45.4. The van der Waals surface area contributed by atoms with Crippen LogP contribution in [0.5, 0.6) is 0 Å². The number of esters is 1. The van der Waals surface area contributed by atoms with E-state index in [1.54, 1.807) is 16.7 Å². The van der Waals surface area contributed by atoms with Crippen molar-refractivity contribution < 1.29 is 43.2 Å². The fourth-order valence-electron chi connectivity index (χ4n) is 8.95. The first-order valence-corrected chi connectivity index (χ1v) is 20.8. The Balaban J connectivity index is 0.00000769. The van der Waals surface area contributed by atoms with Crippen molar-refractivity contribution in [2.75, 3.05) is 40.0 Å². The molecular formula is C43H71N7O9. The molecule has 1 amide bonds. The van der Waals surface area contributed by atoms with Gasteiger partial charge in [-0.25, -0.2) is 4.79 Å². The number of aryl methyl sites for hydroxylation is 1. The normalized spacial score (nSPS) is 35.0. The van der Waals surface area contributed by atoms with E-state index >= 15 is 0 Å². The first-order valence-electron chi connectivity index (χ1n) is 20.8. The monoisotopic (exact) mass is 830 g/mol. The van der Waals surface area contributed by atoms with Crippen molar-refractivity contribution in [3.05, 3.63) is 30.5 Å². The molecule has 5 rings (SSSR count). The topological polar surface area (TPSA) is 193 Å². The third-order valence-electron chi connectivity index (χ3n) is 12.5. The van der Waals surface area contributed by atoms with E-state index in [1.807, 2.05) is 84.1 Å². The molecule has 16 heteroatoms.